The standard InChI is InChI=1S/C65H116O6/c1-4-7-10-13-16-19-22-25-28-30-31-32-33-35-37-40-43-46-49-52-55-58-64(67)70-61-62(60-69-63(66)57-54-51-48-45-42-39-36-27-24-21-18-15-12-9-6-3)71-65(68)59-56-53-50-47-44-41-38-34-29-26-23-20-17-14-11-8-5-2/h22,25-27,29-31,33,35-36,62H,4-21,23-24,28,32,34,37-61H2,1-3H3/b25-22-,29-26-,31-30-,35-33-,36-27-. The Kier molecular flexibility index (Phi) is 57.2. The molecule has 0 rings (SSSR count). The lowest BCUT2D eigenvalue weighted by Crippen LogP contribution is -2.30. The van der Waals surface area contributed by atoms with Gasteiger partial charge in [0.25, 0.3) is 0 Å². The first-order valence-electron chi connectivity index (χ1n) is 30.8. The van der Waals surface area contributed by atoms with Crippen LogP contribution in [0.3, 0.4) is 0 Å². The smallest absolute Gasteiger partial charge is 0.306 e. The van der Waals surface area contributed by atoms with Gasteiger partial charge in [-0.05, 0) is 109 Å². The van der Waals surface area contributed by atoms with Gasteiger partial charge in [0, 0.05) is 19.3 Å². The highest BCUT2D eigenvalue weighted by molar-refractivity contribution is 5.71. The van der Waals surface area contributed by atoms with Crippen LogP contribution >= 0.6 is 0 Å². The minimum Gasteiger partial charge on any atom is -0.462 e. The second kappa shape index (κ2) is 59.7. The fraction of sp³-hybridized carbons (Fsp3) is 0.800. The summed E-state index contributed by atoms with van der Waals surface area (Å²) >= 11 is 0. The van der Waals surface area contributed by atoms with Crippen LogP contribution in [0.1, 0.15) is 316 Å². The van der Waals surface area contributed by atoms with Crippen LogP contribution in [0.15, 0.2) is 60.8 Å². The lowest BCUT2D eigenvalue weighted by atomic mass is 10.1. The van der Waals surface area contributed by atoms with Gasteiger partial charge in [-0.25, -0.2) is 0 Å². The quantitative estimate of drug-likeness (QED) is 0.0261. The van der Waals surface area contributed by atoms with Crippen molar-refractivity contribution in [1.82, 2.24) is 0 Å². The number of rotatable bonds is 56. The van der Waals surface area contributed by atoms with Crippen molar-refractivity contribution >= 4 is 17.9 Å². The van der Waals surface area contributed by atoms with Crippen molar-refractivity contribution in [2.24, 2.45) is 0 Å². The minimum atomic E-state index is -0.786. The summed E-state index contributed by atoms with van der Waals surface area (Å²) in [6.45, 7) is 6.63. The van der Waals surface area contributed by atoms with Crippen molar-refractivity contribution in [2.45, 2.75) is 322 Å². The number of hydrogen-bond donors (Lipinski definition) is 0. The Morgan fingerprint density at radius 1 is 0.282 bits per heavy atom. The number of unbranched alkanes of at least 4 members (excludes halogenated alkanes) is 35. The molecule has 0 radical (unpaired) electrons. The van der Waals surface area contributed by atoms with Crippen molar-refractivity contribution in [1.29, 1.82) is 0 Å². The largest absolute Gasteiger partial charge is 0.462 e. The van der Waals surface area contributed by atoms with E-state index >= 15 is 0 Å². The molecule has 0 saturated heterocycles. The Hall–Kier alpha value is -2.89. The molecule has 6 nitrogen and oxygen atoms in total. The summed E-state index contributed by atoms with van der Waals surface area (Å²) in [6.07, 6.45) is 75.0. The average molecular weight is 994 g/mol. The van der Waals surface area contributed by atoms with Gasteiger partial charge < -0.3 is 14.2 Å². The summed E-state index contributed by atoms with van der Waals surface area (Å²) in [4.78, 5) is 38.2. The third-order valence-electron chi connectivity index (χ3n) is 13.5. The molecule has 412 valence electrons. The van der Waals surface area contributed by atoms with Crippen molar-refractivity contribution in [3.63, 3.8) is 0 Å². The van der Waals surface area contributed by atoms with E-state index in [0.717, 1.165) is 83.5 Å². The Labute approximate surface area is 440 Å². The molecular weight excluding hydrogens is 877 g/mol. The molecule has 1 unspecified atom stereocenters. The maximum Gasteiger partial charge on any atom is 0.306 e. The first kappa shape index (κ1) is 68.1. The van der Waals surface area contributed by atoms with E-state index < -0.39 is 6.10 Å². The second-order valence-corrected chi connectivity index (χ2v) is 20.6. The van der Waals surface area contributed by atoms with Gasteiger partial charge in [-0.2, -0.15) is 0 Å². The molecule has 1 atom stereocenters. The van der Waals surface area contributed by atoms with Crippen LogP contribution in [0.25, 0.3) is 0 Å². The zero-order valence-corrected chi connectivity index (χ0v) is 47.2. The zero-order valence-electron chi connectivity index (χ0n) is 47.2. The van der Waals surface area contributed by atoms with E-state index in [1.54, 1.807) is 0 Å². The summed E-state index contributed by atoms with van der Waals surface area (Å²) in [7, 11) is 0. The van der Waals surface area contributed by atoms with Crippen LogP contribution in [0.2, 0.25) is 0 Å². The fourth-order valence-electron chi connectivity index (χ4n) is 8.79. The van der Waals surface area contributed by atoms with E-state index in [9.17, 15) is 14.4 Å². The monoisotopic (exact) mass is 993 g/mol. The van der Waals surface area contributed by atoms with Crippen LogP contribution in [-0.2, 0) is 28.6 Å². The first-order valence-corrected chi connectivity index (χ1v) is 30.8. The maximum atomic E-state index is 12.9. The van der Waals surface area contributed by atoms with Crippen molar-refractivity contribution in [3.05, 3.63) is 60.8 Å². The Morgan fingerprint density at radius 3 is 0.803 bits per heavy atom. The van der Waals surface area contributed by atoms with E-state index in [-0.39, 0.29) is 31.1 Å². The lowest BCUT2D eigenvalue weighted by molar-refractivity contribution is -0.167. The van der Waals surface area contributed by atoms with E-state index in [0.29, 0.717) is 19.3 Å². The number of carbonyl (C=O) groups is 3. The van der Waals surface area contributed by atoms with Gasteiger partial charge in [-0.15, -0.1) is 0 Å². The van der Waals surface area contributed by atoms with E-state index in [2.05, 4.69) is 81.5 Å². The number of hydrogen-bond acceptors (Lipinski definition) is 6. The van der Waals surface area contributed by atoms with Gasteiger partial charge in [0.2, 0.25) is 0 Å². The summed E-state index contributed by atoms with van der Waals surface area (Å²) < 4.78 is 16.9. The van der Waals surface area contributed by atoms with E-state index in [1.165, 1.54) is 193 Å². The van der Waals surface area contributed by atoms with E-state index in [1.807, 2.05) is 0 Å². The molecule has 0 heterocycles. The van der Waals surface area contributed by atoms with Crippen molar-refractivity contribution in [3.8, 4) is 0 Å². The molecular formula is C65H116O6. The van der Waals surface area contributed by atoms with Gasteiger partial charge in [0.1, 0.15) is 13.2 Å². The zero-order chi connectivity index (χ0) is 51.4. The third-order valence-corrected chi connectivity index (χ3v) is 13.5. The highest BCUT2D eigenvalue weighted by atomic mass is 16.6. The van der Waals surface area contributed by atoms with E-state index in [4.69, 9.17) is 14.2 Å². The molecule has 0 fully saturated rings. The molecule has 0 aromatic carbocycles. The lowest BCUT2D eigenvalue weighted by Gasteiger charge is -2.18. The highest BCUT2D eigenvalue weighted by Gasteiger charge is 2.19. The van der Waals surface area contributed by atoms with Crippen LogP contribution in [-0.4, -0.2) is 37.2 Å². The number of carbonyl (C=O) groups excluding carboxylic acids is 3. The fourth-order valence-corrected chi connectivity index (χ4v) is 8.79. The molecule has 0 spiro atoms. The predicted molar refractivity (Wildman–Crippen MR) is 307 cm³/mol. The molecule has 0 aromatic rings. The minimum absolute atomic E-state index is 0.0833. The van der Waals surface area contributed by atoms with Gasteiger partial charge in [0.05, 0.1) is 0 Å². The average Bonchev–Trinajstić information content (AvgIpc) is 3.37. The number of esters is 3. The summed E-state index contributed by atoms with van der Waals surface area (Å²) in [6, 6.07) is 0. The van der Waals surface area contributed by atoms with Crippen LogP contribution < -0.4 is 0 Å². The van der Waals surface area contributed by atoms with Gasteiger partial charge in [-0.3, -0.25) is 14.4 Å². The molecule has 6 heteroatoms. The van der Waals surface area contributed by atoms with Crippen LogP contribution in [0.5, 0.6) is 0 Å². The summed E-state index contributed by atoms with van der Waals surface area (Å²) in [5.74, 6) is -0.894. The molecule has 0 bridgehead atoms. The molecule has 0 aliphatic rings. The first-order chi connectivity index (χ1) is 35.0. The highest BCUT2D eigenvalue weighted by Crippen LogP contribution is 2.15. The summed E-state index contributed by atoms with van der Waals surface area (Å²) in [5, 5.41) is 0. The molecule has 0 N–H and O–H groups in total. The number of ether oxygens (including phenoxy) is 3. The SMILES string of the molecule is CCCCCCC/C=C\C/C=C\C/C=C\CCCCCCCCC(=O)OCC(COC(=O)CCCCCCC/C=C\CCCCCCCC)OC(=O)CCCCCCCCC/C=C\CCCCCCCC. The predicted octanol–water partition coefficient (Wildman–Crippen LogP) is 20.8. The van der Waals surface area contributed by atoms with Crippen molar-refractivity contribution in [2.75, 3.05) is 13.2 Å². The molecule has 0 saturated carbocycles. The van der Waals surface area contributed by atoms with Crippen LogP contribution in [0, 0.1) is 0 Å². The number of allylic oxidation sites excluding steroid dienone is 10. The molecule has 0 aliphatic heterocycles. The van der Waals surface area contributed by atoms with Crippen LogP contribution in [0.4, 0.5) is 0 Å². The molecule has 0 aromatic heterocycles. The van der Waals surface area contributed by atoms with Crippen molar-refractivity contribution < 1.29 is 28.6 Å². The Morgan fingerprint density at radius 2 is 0.507 bits per heavy atom. The Bertz CT molecular complexity index is 1280. The third kappa shape index (κ3) is 57.9. The Balaban J connectivity index is 4.39. The molecule has 71 heavy (non-hydrogen) atoms. The van der Waals surface area contributed by atoms with Gasteiger partial charge >= 0.3 is 17.9 Å². The molecule has 0 aliphatic carbocycles. The summed E-state index contributed by atoms with van der Waals surface area (Å²) in [5.41, 5.74) is 0. The van der Waals surface area contributed by atoms with Gasteiger partial charge in [0.15, 0.2) is 6.10 Å². The topological polar surface area (TPSA) is 78.9 Å². The van der Waals surface area contributed by atoms with Gasteiger partial charge in [-0.1, -0.05) is 248 Å². The second-order valence-electron chi connectivity index (χ2n) is 20.6. The molecule has 0 amide bonds. The normalized spacial score (nSPS) is 12.4. The maximum absolute atomic E-state index is 12.9.